The van der Waals surface area contributed by atoms with E-state index in [0.29, 0.717) is 13.1 Å². The molecule has 1 aromatic heterocycles. The van der Waals surface area contributed by atoms with Crippen molar-refractivity contribution in [2.45, 2.75) is 13.8 Å². The van der Waals surface area contributed by atoms with E-state index in [1.807, 2.05) is 40.9 Å². The summed E-state index contributed by atoms with van der Waals surface area (Å²) in [6, 6.07) is 16.3. The predicted octanol–water partition coefficient (Wildman–Crippen LogP) is 4.92. The molecule has 1 amide bonds. The number of aromatic nitrogens is 1. The van der Waals surface area contributed by atoms with E-state index in [1.165, 1.54) is 5.56 Å². The third-order valence-electron chi connectivity index (χ3n) is 5.65. The van der Waals surface area contributed by atoms with E-state index in [9.17, 15) is 4.79 Å². The Morgan fingerprint density at radius 3 is 2.31 bits per heavy atom. The standard InChI is InChI=1S/C24H26ClN3O/c1-17-7-9-19(10-8-17)22-18(2)16-26(3)23(22)24(29)28-13-11-27(12-14-28)21-6-4-5-20(25)15-21/h4-10,15-16H,11-14H2,1-3H3. The average molecular weight is 408 g/mol. The zero-order valence-electron chi connectivity index (χ0n) is 17.2. The molecule has 3 aromatic rings. The Hall–Kier alpha value is -2.72. The lowest BCUT2D eigenvalue weighted by Crippen LogP contribution is -2.49. The minimum Gasteiger partial charge on any atom is -0.368 e. The number of rotatable bonds is 3. The molecule has 1 saturated heterocycles. The van der Waals surface area contributed by atoms with Crippen LogP contribution < -0.4 is 4.90 Å². The van der Waals surface area contributed by atoms with Crippen molar-refractivity contribution in [3.05, 3.63) is 76.6 Å². The molecule has 0 bridgehead atoms. The lowest BCUT2D eigenvalue weighted by molar-refractivity contribution is 0.0738. The number of hydrogen-bond acceptors (Lipinski definition) is 2. The van der Waals surface area contributed by atoms with E-state index in [1.54, 1.807) is 0 Å². The van der Waals surface area contributed by atoms with E-state index in [2.05, 4.69) is 49.1 Å². The first-order valence-electron chi connectivity index (χ1n) is 9.97. The Labute approximate surface area is 177 Å². The van der Waals surface area contributed by atoms with Crippen LogP contribution in [0.15, 0.2) is 54.7 Å². The van der Waals surface area contributed by atoms with Crippen molar-refractivity contribution in [1.82, 2.24) is 9.47 Å². The number of anilines is 1. The Morgan fingerprint density at radius 2 is 1.66 bits per heavy atom. The molecule has 0 radical (unpaired) electrons. The second-order valence-electron chi connectivity index (χ2n) is 7.77. The van der Waals surface area contributed by atoms with Crippen LogP contribution in [0.3, 0.4) is 0 Å². The van der Waals surface area contributed by atoms with E-state index >= 15 is 0 Å². The van der Waals surface area contributed by atoms with Gasteiger partial charge in [-0.1, -0.05) is 47.5 Å². The molecule has 29 heavy (non-hydrogen) atoms. The summed E-state index contributed by atoms with van der Waals surface area (Å²) in [6.45, 7) is 7.15. The van der Waals surface area contributed by atoms with Gasteiger partial charge in [-0.25, -0.2) is 0 Å². The highest BCUT2D eigenvalue weighted by atomic mass is 35.5. The molecule has 5 heteroatoms. The van der Waals surface area contributed by atoms with Gasteiger partial charge in [-0.2, -0.15) is 0 Å². The van der Waals surface area contributed by atoms with Gasteiger partial charge in [0, 0.05) is 55.7 Å². The predicted molar refractivity (Wildman–Crippen MR) is 120 cm³/mol. The normalized spacial score (nSPS) is 14.3. The highest BCUT2D eigenvalue weighted by Crippen LogP contribution is 2.30. The Balaban J connectivity index is 1.56. The van der Waals surface area contributed by atoms with Gasteiger partial charge in [0.25, 0.3) is 5.91 Å². The third kappa shape index (κ3) is 3.90. The van der Waals surface area contributed by atoms with Crippen LogP contribution in [0, 0.1) is 13.8 Å². The molecule has 2 aromatic carbocycles. The van der Waals surface area contributed by atoms with Crippen LogP contribution in [-0.4, -0.2) is 41.6 Å². The van der Waals surface area contributed by atoms with Gasteiger partial charge in [0.15, 0.2) is 0 Å². The van der Waals surface area contributed by atoms with Gasteiger partial charge in [-0.15, -0.1) is 0 Å². The summed E-state index contributed by atoms with van der Waals surface area (Å²) in [6.07, 6.45) is 2.05. The number of aryl methyl sites for hydroxylation is 3. The van der Waals surface area contributed by atoms with Crippen LogP contribution in [0.1, 0.15) is 21.6 Å². The molecule has 1 fully saturated rings. The van der Waals surface area contributed by atoms with E-state index in [4.69, 9.17) is 11.6 Å². The Bertz CT molecular complexity index is 1030. The summed E-state index contributed by atoms with van der Waals surface area (Å²) in [5.74, 6) is 0.0990. The fourth-order valence-electron chi connectivity index (χ4n) is 4.12. The molecule has 150 valence electrons. The molecule has 4 rings (SSSR count). The van der Waals surface area contributed by atoms with Crippen molar-refractivity contribution >= 4 is 23.2 Å². The fraction of sp³-hybridized carbons (Fsp3) is 0.292. The van der Waals surface area contributed by atoms with Crippen LogP contribution in [0.5, 0.6) is 0 Å². The molecule has 0 aliphatic carbocycles. The lowest BCUT2D eigenvalue weighted by atomic mass is 10.0. The second-order valence-corrected chi connectivity index (χ2v) is 8.21. The van der Waals surface area contributed by atoms with Crippen molar-refractivity contribution in [3.8, 4) is 11.1 Å². The summed E-state index contributed by atoms with van der Waals surface area (Å²) in [7, 11) is 1.96. The summed E-state index contributed by atoms with van der Waals surface area (Å²) < 4.78 is 1.97. The number of halogens is 1. The number of nitrogens with zero attached hydrogens (tertiary/aromatic N) is 3. The molecule has 4 nitrogen and oxygen atoms in total. The number of carbonyl (C=O) groups is 1. The van der Waals surface area contributed by atoms with Gasteiger partial charge in [0.2, 0.25) is 0 Å². The quantitative estimate of drug-likeness (QED) is 0.616. The van der Waals surface area contributed by atoms with Gasteiger partial charge in [0.1, 0.15) is 5.69 Å². The van der Waals surface area contributed by atoms with Crippen LogP contribution in [0.2, 0.25) is 5.02 Å². The number of hydrogen-bond donors (Lipinski definition) is 0. The van der Waals surface area contributed by atoms with Crippen LogP contribution in [-0.2, 0) is 7.05 Å². The van der Waals surface area contributed by atoms with Crippen molar-refractivity contribution < 1.29 is 4.79 Å². The molecule has 1 aliphatic rings. The highest BCUT2D eigenvalue weighted by molar-refractivity contribution is 6.30. The molecule has 0 N–H and O–H groups in total. The second kappa shape index (κ2) is 7.96. The summed E-state index contributed by atoms with van der Waals surface area (Å²) in [4.78, 5) is 17.7. The van der Waals surface area contributed by atoms with Gasteiger partial charge >= 0.3 is 0 Å². The maximum Gasteiger partial charge on any atom is 0.271 e. The molecule has 0 spiro atoms. The van der Waals surface area contributed by atoms with Crippen molar-refractivity contribution in [2.75, 3.05) is 31.1 Å². The topological polar surface area (TPSA) is 28.5 Å². The molecule has 0 atom stereocenters. The van der Waals surface area contributed by atoms with E-state index in [-0.39, 0.29) is 5.91 Å². The maximum atomic E-state index is 13.5. The minimum atomic E-state index is 0.0990. The number of benzene rings is 2. The molecule has 1 aliphatic heterocycles. The summed E-state index contributed by atoms with van der Waals surface area (Å²) in [5, 5.41) is 0.739. The first-order valence-corrected chi connectivity index (χ1v) is 10.3. The fourth-order valence-corrected chi connectivity index (χ4v) is 4.30. The van der Waals surface area contributed by atoms with Gasteiger partial charge in [0.05, 0.1) is 0 Å². The van der Waals surface area contributed by atoms with Gasteiger partial charge in [-0.3, -0.25) is 4.79 Å². The number of carbonyl (C=O) groups excluding carboxylic acids is 1. The summed E-state index contributed by atoms with van der Waals surface area (Å²) in [5.41, 5.74) is 6.34. The van der Waals surface area contributed by atoms with Crippen molar-refractivity contribution in [3.63, 3.8) is 0 Å². The van der Waals surface area contributed by atoms with Gasteiger partial charge in [-0.05, 0) is 43.2 Å². The molecule has 2 heterocycles. The van der Waals surface area contributed by atoms with Crippen LogP contribution >= 0.6 is 11.6 Å². The number of amides is 1. The van der Waals surface area contributed by atoms with Gasteiger partial charge < -0.3 is 14.4 Å². The summed E-state index contributed by atoms with van der Waals surface area (Å²) >= 11 is 6.13. The van der Waals surface area contributed by atoms with Crippen molar-refractivity contribution in [2.24, 2.45) is 7.05 Å². The Morgan fingerprint density at radius 1 is 0.966 bits per heavy atom. The highest BCUT2D eigenvalue weighted by Gasteiger charge is 2.27. The average Bonchev–Trinajstić information content (AvgIpc) is 3.02. The monoisotopic (exact) mass is 407 g/mol. The lowest BCUT2D eigenvalue weighted by Gasteiger charge is -2.36. The largest absolute Gasteiger partial charge is 0.368 e. The zero-order chi connectivity index (χ0) is 20.5. The first-order chi connectivity index (χ1) is 13.9. The SMILES string of the molecule is Cc1ccc(-c2c(C)cn(C)c2C(=O)N2CCN(c3cccc(Cl)c3)CC2)cc1. The first kappa shape index (κ1) is 19.6. The third-order valence-corrected chi connectivity index (χ3v) is 5.89. The van der Waals surface area contributed by atoms with Crippen LogP contribution in [0.4, 0.5) is 5.69 Å². The van der Waals surface area contributed by atoms with Crippen molar-refractivity contribution in [1.29, 1.82) is 0 Å². The van der Waals surface area contributed by atoms with Crippen LogP contribution in [0.25, 0.3) is 11.1 Å². The molecular formula is C24H26ClN3O. The number of piperazine rings is 1. The smallest absolute Gasteiger partial charge is 0.271 e. The van der Waals surface area contributed by atoms with E-state index < -0.39 is 0 Å². The Kier molecular flexibility index (Phi) is 5.37. The molecule has 0 saturated carbocycles. The minimum absolute atomic E-state index is 0.0990. The van der Waals surface area contributed by atoms with E-state index in [0.717, 1.165) is 46.2 Å². The molecule has 0 unspecified atom stereocenters. The maximum absolute atomic E-state index is 13.5. The molecular weight excluding hydrogens is 382 g/mol. The zero-order valence-corrected chi connectivity index (χ0v) is 17.9.